The van der Waals surface area contributed by atoms with Gasteiger partial charge in [-0.25, -0.2) is 9.98 Å². The SMILES string of the molecule is COc1ccc(-c2n[nH]c(CN=C(N(C)C)N(C)C)n2)cc1. The summed E-state index contributed by atoms with van der Waals surface area (Å²) in [6.07, 6.45) is 0. The zero-order valence-electron chi connectivity index (χ0n) is 13.7. The number of aromatic nitrogens is 3. The summed E-state index contributed by atoms with van der Waals surface area (Å²) in [7, 11) is 9.49. The molecule has 22 heavy (non-hydrogen) atoms. The van der Waals surface area contributed by atoms with E-state index in [0.29, 0.717) is 12.4 Å². The molecule has 0 bridgehead atoms. The van der Waals surface area contributed by atoms with Crippen LogP contribution in [-0.4, -0.2) is 66.2 Å². The second-order valence-corrected chi connectivity index (χ2v) is 5.24. The van der Waals surface area contributed by atoms with Crippen molar-refractivity contribution in [3.63, 3.8) is 0 Å². The summed E-state index contributed by atoms with van der Waals surface area (Å²) in [6, 6.07) is 7.64. The van der Waals surface area contributed by atoms with E-state index in [-0.39, 0.29) is 0 Å². The van der Waals surface area contributed by atoms with Crippen molar-refractivity contribution in [3.8, 4) is 17.1 Å². The fourth-order valence-corrected chi connectivity index (χ4v) is 2.06. The highest BCUT2D eigenvalue weighted by molar-refractivity contribution is 5.79. The van der Waals surface area contributed by atoms with Crippen LogP contribution >= 0.6 is 0 Å². The molecule has 0 unspecified atom stereocenters. The van der Waals surface area contributed by atoms with Gasteiger partial charge in [-0.15, -0.1) is 0 Å². The van der Waals surface area contributed by atoms with Crippen molar-refractivity contribution in [2.24, 2.45) is 4.99 Å². The van der Waals surface area contributed by atoms with Gasteiger partial charge in [0.05, 0.1) is 7.11 Å². The van der Waals surface area contributed by atoms with Crippen LogP contribution in [0, 0.1) is 0 Å². The summed E-state index contributed by atoms with van der Waals surface area (Å²) in [5.41, 5.74) is 0.938. The number of guanidine groups is 1. The normalized spacial score (nSPS) is 10.2. The summed E-state index contributed by atoms with van der Waals surface area (Å²) in [4.78, 5) is 12.9. The van der Waals surface area contributed by atoms with E-state index in [9.17, 15) is 0 Å². The molecule has 0 saturated heterocycles. The molecule has 0 atom stereocenters. The molecule has 0 fully saturated rings. The molecule has 0 spiro atoms. The number of H-pyrrole nitrogens is 1. The van der Waals surface area contributed by atoms with Gasteiger partial charge in [0.2, 0.25) is 0 Å². The third-order valence-electron chi connectivity index (χ3n) is 3.05. The van der Waals surface area contributed by atoms with E-state index in [1.165, 1.54) is 0 Å². The van der Waals surface area contributed by atoms with E-state index in [1.54, 1.807) is 7.11 Å². The zero-order chi connectivity index (χ0) is 16.1. The molecular weight excluding hydrogens is 280 g/mol. The van der Waals surface area contributed by atoms with E-state index >= 15 is 0 Å². The van der Waals surface area contributed by atoms with Crippen LogP contribution in [0.4, 0.5) is 0 Å². The van der Waals surface area contributed by atoms with Crippen LogP contribution in [-0.2, 0) is 6.54 Å². The quantitative estimate of drug-likeness (QED) is 0.684. The van der Waals surface area contributed by atoms with Gasteiger partial charge in [0.15, 0.2) is 11.8 Å². The van der Waals surface area contributed by atoms with Crippen LogP contribution in [0.1, 0.15) is 5.82 Å². The van der Waals surface area contributed by atoms with Gasteiger partial charge < -0.3 is 14.5 Å². The minimum Gasteiger partial charge on any atom is -0.497 e. The van der Waals surface area contributed by atoms with Crippen molar-refractivity contribution in [2.45, 2.75) is 6.54 Å². The Hall–Kier alpha value is -2.57. The Morgan fingerprint density at radius 2 is 1.77 bits per heavy atom. The van der Waals surface area contributed by atoms with Crippen molar-refractivity contribution >= 4 is 5.96 Å². The lowest BCUT2D eigenvalue weighted by Crippen LogP contribution is -2.35. The van der Waals surface area contributed by atoms with E-state index in [2.05, 4.69) is 20.2 Å². The van der Waals surface area contributed by atoms with Crippen LogP contribution in [0.5, 0.6) is 5.75 Å². The number of nitrogens with one attached hydrogen (secondary N) is 1. The second-order valence-electron chi connectivity index (χ2n) is 5.24. The number of hydrogen-bond donors (Lipinski definition) is 1. The van der Waals surface area contributed by atoms with E-state index in [0.717, 1.165) is 23.1 Å². The molecule has 2 aromatic rings. The number of aliphatic imine (C=N–C) groups is 1. The second kappa shape index (κ2) is 6.93. The van der Waals surface area contributed by atoms with Crippen molar-refractivity contribution in [1.29, 1.82) is 0 Å². The Morgan fingerprint density at radius 1 is 1.14 bits per heavy atom. The smallest absolute Gasteiger partial charge is 0.195 e. The Labute approximate surface area is 130 Å². The number of benzene rings is 1. The van der Waals surface area contributed by atoms with Gasteiger partial charge in [-0.1, -0.05) is 0 Å². The molecule has 2 rings (SSSR count). The molecular formula is C15H22N6O. The molecule has 0 aliphatic carbocycles. The summed E-state index contributed by atoms with van der Waals surface area (Å²) in [5.74, 6) is 3.07. The molecule has 118 valence electrons. The molecule has 0 amide bonds. The van der Waals surface area contributed by atoms with Crippen molar-refractivity contribution in [2.75, 3.05) is 35.3 Å². The number of rotatable bonds is 4. The molecule has 7 heteroatoms. The first-order chi connectivity index (χ1) is 10.5. The molecule has 1 aromatic heterocycles. The standard InChI is InChI=1S/C15H22N6O/c1-20(2)15(21(3)4)16-10-13-17-14(19-18-13)11-6-8-12(22-5)9-7-11/h6-9H,10H2,1-5H3,(H,17,18,19). The maximum atomic E-state index is 5.14. The van der Waals surface area contributed by atoms with E-state index in [1.807, 2.05) is 62.3 Å². The maximum absolute atomic E-state index is 5.14. The summed E-state index contributed by atoms with van der Waals surface area (Å²) >= 11 is 0. The first-order valence-corrected chi connectivity index (χ1v) is 6.96. The predicted octanol–water partition coefficient (Wildman–Crippen LogP) is 1.46. The van der Waals surface area contributed by atoms with Crippen LogP contribution in [0.15, 0.2) is 29.3 Å². The van der Waals surface area contributed by atoms with Gasteiger partial charge >= 0.3 is 0 Å². The van der Waals surface area contributed by atoms with Gasteiger partial charge in [0, 0.05) is 33.8 Å². The number of aromatic amines is 1. The van der Waals surface area contributed by atoms with Gasteiger partial charge in [-0.05, 0) is 24.3 Å². The van der Waals surface area contributed by atoms with Gasteiger partial charge in [0.1, 0.15) is 18.1 Å². The largest absolute Gasteiger partial charge is 0.497 e. The zero-order valence-corrected chi connectivity index (χ0v) is 13.7. The summed E-state index contributed by atoms with van der Waals surface area (Å²) in [5, 5.41) is 7.17. The predicted molar refractivity (Wildman–Crippen MR) is 86.9 cm³/mol. The van der Waals surface area contributed by atoms with Crippen LogP contribution < -0.4 is 4.74 Å². The topological polar surface area (TPSA) is 69.6 Å². The fourth-order valence-electron chi connectivity index (χ4n) is 2.06. The Bertz CT molecular complexity index is 620. The molecule has 0 aliphatic rings. The Morgan fingerprint density at radius 3 is 2.32 bits per heavy atom. The Balaban J connectivity index is 2.12. The van der Waals surface area contributed by atoms with E-state index in [4.69, 9.17) is 4.74 Å². The lowest BCUT2D eigenvalue weighted by molar-refractivity contribution is 0.415. The van der Waals surface area contributed by atoms with Crippen LogP contribution in [0.3, 0.4) is 0 Å². The summed E-state index contributed by atoms with van der Waals surface area (Å²) < 4.78 is 5.14. The maximum Gasteiger partial charge on any atom is 0.195 e. The summed E-state index contributed by atoms with van der Waals surface area (Å²) in [6.45, 7) is 0.453. The minimum atomic E-state index is 0.453. The van der Waals surface area contributed by atoms with Crippen LogP contribution in [0.2, 0.25) is 0 Å². The average Bonchev–Trinajstić information content (AvgIpc) is 2.95. The average molecular weight is 302 g/mol. The van der Waals surface area contributed by atoms with Crippen molar-refractivity contribution in [1.82, 2.24) is 25.0 Å². The number of hydrogen-bond acceptors (Lipinski definition) is 4. The monoisotopic (exact) mass is 302 g/mol. The third-order valence-corrected chi connectivity index (χ3v) is 3.05. The van der Waals surface area contributed by atoms with Gasteiger partial charge in [-0.2, -0.15) is 5.10 Å². The number of ether oxygens (including phenoxy) is 1. The number of methoxy groups -OCH3 is 1. The molecule has 1 aromatic carbocycles. The third kappa shape index (κ3) is 3.75. The molecule has 1 N–H and O–H groups in total. The molecule has 0 aliphatic heterocycles. The Kier molecular flexibility index (Phi) is 4.98. The van der Waals surface area contributed by atoms with Crippen LogP contribution in [0.25, 0.3) is 11.4 Å². The highest BCUT2D eigenvalue weighted by Gasteiger charge is 2.08. The highest BCUT2D eigenvalue weighted by Crippen LogP contribution is 2.19. The first kappa shape index (κ1) is 15.8. The lowest BCUT2D eigenvalue weighted by Gasteiger charge is -2.22. The fraction of sp³-hybridized carbons (Fsp3) is 0.400. The molecule has 0 radical (unpaired) electrons. The van der Waals surface area contributed by atoms with Gasteiger partial charge in [-0.3, -0.25) is 5.10 Å². The molecule has 7 nitrogen and oxygen atoms in total. The van der Waals surface area contributed by atoms with Crippen molar-refractivity contribution < 1.29 is 4.74 Å². The molecule has 1 heterocycles. The lowest BCUT2D eigenvalue weighted by atomic mass is 10.2. The minimum absolute atomic E-state index is 0.453. The molecule has 0 saturated carbocycles. The first-order valence-electron chi connectivity index (χ1n) is 6.96. The van der Waals surface area contributed by atoms with E-state index < -0.39 is 0 Å². The van der Waals surface area contributed by atoms with Crippen molar-refractivity contribution in [3.05, 3.63) is 30.1 Å². The number of nitrogens with zero attached hydrogens (tertiary/aromatic N) is 5. The van der Waals surface area contributed by atoms with Gasteiger partial charge in [0.25, 0.3) is 0 Å². The highest BCUT2D eigenvalue weighted by atomic mass is 16.5.